The SMILES string of the molecule is Cc1cccc(OP2(Oc3ccccc3)=N[P+](Oc3ccccc3)(Oc3cccc(C)c3)N[P+](Oc3ccccc3)(Oc3cccc(C)c3)N2)c1. The third-order valence-corrected chi connectivity index (χ3v) is 16.1. The quantitative estimate of drug-likeness (QED) is 0.120. The van der Waals surface area contributed by atoms with Crippen LogP contribution in [0.15, 0.2) is 168 Å². The van der Waals surface area contributed by atoms with Gasteiger partial charge in [-0.1, -0.05) is 91.0 Å². The Labute approximate surface area is 300 Å². The number of hydrogen-bond acceptors (Lipinski definition) is 9. The van der Waals surface area contributed by atoms with Crippen molar-refractivity contribution in [3.63, 3.8) is 0 Å². The van der Waals surface area contributed by atoms with Gasteiger partial charge in [-0.25, -0.2) is 0 Å². The Balaban J connectivity index is 1.50. The van der Waals surface area contributed by atoms with Crippen LogP contribution < -0.4 is 36.9 Å². The van der Waals surface area contributed by atoms with Crippen molar-refractivity contribution in [3.05, 3.63) is 180 Å². The van der Waals surface area contributed by atoms with E-state index in [0.717, 1.165) is 16.7 Å². The lowest BCUT2D eigenvalue weighted by atomic mass is 10.2. The minimum atomic E-state index is -3.76. The van der Waals surface area contributed by atoms with E-state index < -0.39 is 23.7 Å². The highest BCUT2D eigenvalue weighted by Crippen LogP contribution is 2.79. The number of para-hydroxylation sites is 3. The molecule has 0 aliphatic carbocycles. The molecule has 12 heteroatoms. The van der Waals surface area contributed by atoms with Crippen LogP contribution in [-0.2, 0) is 0 Å². The van der Waals surface area contributed by atoms with Crippen LogP contribution in [0.25, 0.3) is 0 Å². The fraction of sp³-hybridized carbons (Fsp3) is 0.0769. The number of nitrogens with one attached hydrogen (secondary N) is 2. The van der Waals surface area contributed by atoms with E-state index in [1.54, 1.807) is 0 Å². The molecule has 51 heavy (non-hydrogen) atoms. The minimum Gasteiger partial charge on any atom is -0.415 e. The molecule has 258 valence electrons. The Hall–Kier alpha value is -4.87. The van der Waals surface area contributed by atoms with Crippen molar-refractivity contribution in [2.24, 2.45) is 4.52 Å². The highest BCUT2D eigenvalue weighted by Gasteiger charge is 2.75. The van der Waals surface area contributed by atoms with Crippen LogP contribution in [0.1, 0.15) is 16.7 Å². The van der Waals surface area contributed by atoms with Crippen LogP contribution in [0.3, 0.4) is 0 Å². The van der Waals surface area contributed by atoms with Crippen LogP contribution in [0.2, 0.25) is 0 Å². The van der Waals surface area contributed by atoms with Crippen molar-refractivity contribution < 1.29 is 27.1 Å². The van der Waals surface area contributed by atoms with Gasteiger partial charge in [-0.2, -0.15) is 0 Å². The van der Waals surface area contributed by atoms with Gasteiger partial charge in [0.05, 0.1) is 4.52 Å². The number of rotatable bonds is 12. The second-order valence-electron chi connectivity index (χ2n) is 11.8. The maximum absolute atomic E-state index is 6.98. The molecule has 1 aliphatic heterocycles. The lowest BCUT2D eigenvalue weighted by Crippen LogP contribution is -2.41. The molecule has 9 nitrogen and oxygen atoms in total. The molecule has 0 fully saturated rings. The van der Waals surface area contributed by atoms with Crippen molar-refractivity contribution in [2.75, 3.05) is 0 Å². The molecular weight excluding hydrogens is 699 g/mol. The minimum absolute atomic E-state index is 0.512. The molecule has 3 unspecified atom stereocenters. The smallest absolute Gasteiger partial charge is 0.415 e. The van der Waals surface area contributed by atoms with Crippen LogP contribution in [0.4, 0.5) is 0 Å². The Morgan fingerprint density at radius 3 is 1.37 bits per heavy atom. The molecular formula is C39H38N3O6P3+2. The summed E-state index contributed by atoms with van der Waals surface area (Å²) >= 11 is 0. The first-order valence-electron chi connectivity index (χ1n) is 16.3. The van der Waals surface area contributed by atoms with E-state index in [0.29, 0.717) is 34.5 Å². The van der Waals surface area contributed by atoms with E-state index in [1.807, 2.05) is 185 Å². The monoisotopic (exact) mass is 737 g/mol. The number of hydrogen-bond donors (Lipinski definition) is 2. The molecule has 0 bridgehead atoms. The second kappa shape index (κ2) is 15.2. The Bertz CT molecular complexity index is 2150. The van der Waals surface area contributed by atoms with E-state index in [2.05, 4.69) is 9.72 Å². The molecule has 1 heterocycles. The van der Waals surface area contributed by atoms with Gasteiger partial charge in [-0.3, -0.25) is 18.1 Å². The predicted molar refractivity (Wildman–Crippen MR) is 206 cm³/mol. The second-order valence-corrected chi connectivity index (χ2v) is 18.4. The lowest BCUT2D eigenvalue weighted by Gasteiger charge is -2.34. The van der Waals surface area contributed by atoms with Crippen molar-refractivity contribution in [2.45, 2.75) is 20.8 Å². The molecule has 0 spiro atoms. The fourth-order valence-electron chi connectivity index (χ4n) is 5.17. The van der Waals surface area contributed by atoms with E-state index in [4.69, 9.17) is 31.7 Å². The summed E-state index contributed by atoms with van der Waals surface area (Å²) in [4.78, 5) is 7.15. The zero-order valence-corrected chi connectivity index (χ0v) is 31.0. The zero-order valence-electron chi connectivity index (χ0n) is 28.3. The molecule has 0 aromatic heterocycles. The Kier molecular flexibility index (Phi) is 10.3. The predicted octanol–water partition coefficient (Wildman–Crippen LogP) is 11.9. The van der Waals surface area contributed by atoms with Gasteiger partial charge in [0, 0.05) is 4.86 Å². The summed E-state index contributed by atoms with van der Waals surface area (Å²) in [6, 6.07) is 51.3. The van der Waals surface area contributed by atoms with Crippen LogP contribution in [0.5, 0.6) is 34.5 Å². The molecule has 6 aromatic rings. The summed E-state index contributed by atoms with van der Waals surface area (Å²) in [6.07, 6.45) is 0. The fourth-order valence-corrected chi connectivity index (χ4v) is 15.1. The van der Waals surface area contributed by atoms with E-state index >= 15 is 0 Å². The maximum Gasteiger partial charge on any atom is 0.617 e. The number of nitrogens with zero attached hydrogens (tertiary/aromatic N) is 1. The Morgan fingerprint density at radius 1 is 0.431 bits per heavy atom. The average Bonchev–Trinajstić information content (AvgIpc) is 3.09. The highest BCUT2D eigenvalue weighted by molar-refractivity contribution is 7.89. The highest BCUT2D eigenvalue weighted by atomic mass is 31.3. The first kappa shape index (κ1) is 34.6. The van der Waals surface area contributed by atoms with Crippen molar-refractivity contribution in [1.82, 2.24) is 9.72 Å². The lowest BCUT2D eigenvalue weighted by molar-refractivity contribution is 0.403. The van der Waals surface area contributed by atoms with Crippen molar-refractivity contribution in [3.8, 4) is 34.5 Å². The van der Waals surface area contributed by atoms with E-state index in [-0.39, 0.29) is 0 Å². The van der Waals surface area contributed by atoms with Gasteiger partial charge in [0.1, 0.15) is 16.4 Å². The molecule has 0 saturated heterocycles. The summed E-state index contributed by atoms with van der Waals surface area (Å²) in [7, 11) is -11.2. The van der Waals surface area contributed by atoms with Crippen LogP contribution in [-0.4, -0.2) is 0 Å². The molecule has 0 amide bonds. The van der Waals surface area contributed by atoms with Gasteiger partial charge in [-0.15, -0.1) is 0 Å². The molecule has 0 saturated carbocycles. The summed E-state index contributed by atoms with van der Waals surface area (Å²) < 4.78 is 47.0. The first-order chi connectivity index (χ1) is 24.8. The number of aryl methyl sites for hydroxylation is 3. The van der Waals surface area contributed by atoms with Crippen LogP contribution >= 0.6 is 23.7 Å². The standard InChI is InChI=1S/C39H38N3O6P3/c1-31-16-13-25-37(28-31)46-49(43-34-19-7-4-8-20-34)40-50(44-35-21-9-5-10-22-35,47-38-26-14-17-32(2)29-38)42-51(41-49,45-36-23-11-6-12-24-36)48-39-27-15-18-33(3)30-39/h4-30,40-41H,1-3H3/q+2. The van der Waals surface area contributed by atoms with Crippen LogP contribution in [0, 0.1) is 20.8 Å². The van der Waals surface area contributed by atoms with Gasteiger partial charge in [0.15, 0.2) is 23.0 Å². The average molecular weight is 738 g/mol. The number of benzene rings is 6. The third-order valence-electron chi connectivity index (χ3n) is 7.33. The van der Waals surface area contributed by atoms with Gasteiger partial charge in [0.2, 0.25) is 0 Å². The largest absolute Gasteiger partial charge is 0.617 e. The van der Waals surface area contributed by atoms with Gasteiger partial charge in [0.25, 0.3) is 0 Å². The van der Waals surface area contributed by atoms with Crippen molar-refractivity contribution in [1.29, 1.82) is 0 Å². The zero-order chi connectivity index (χ0) is 35.2. The molecule has 0 radical (unpaired) electrons. The summed E-state index contributed by atoms with van der Waals surface area (Å²) in [5.41, 5.74) is 2.99. The summed E-state index contributed by atoms with van der Waals surface area (Å²) in [5, 5.41) is 0. The van der Waals surface area contributed by atoms with E-state index in [1.165, 1.54) is 0 Å². The van der Waals surface area contributed by atoms with Gasteiger partial charge in [-0.05, 0) is 110 Å². The Morgan fingerprint density at radius 2 is 0.824 bits per heavy atom. The maximum atomic E-state index is 6.98. The van der Waals surface area contributed by atoms with Crippen molar-refractivity contribution >= 4 is 23.7 Å². The third kappa shape index (κ3) is 8.90. The summed E-state index contributed by atoms with van der Waals surface area (Å²) in [6.45, 7) is 5.99. The molecule has 1 aliphatic rings. The van der Waals surface area contributed by atoms with Gasteiger partial charge >= 0.3 is 23.7 Å². The molecule has 2 N–H and O–H groups in total. The first-order valence-corrected chi connectivity index (χ1v) is 21.1. The molecule has 3 atom stereocenters. The van der Waals surface area contributed by atoms with Gasteiger partial charge < -0.3 is 9.05 Å². The normalized spacial score (nSPS) is 21.1. The molecule has 7 rings (SSSR count). The topological polar surface area (TPSA) is 91.8 Å². The van der Waals surface area contributed by atoms with E-state index in [9.17, 15) is 0 Å². The molecule has 6 aromatic carbocycles. The summed E-state index contributed by atoms with van der Waals surface area (Å²) in [5.74, 6) is 3.15.